The Morgan fingerprint density at radius 1 is 1.20 bits per heavy atom. The normalized spacial score (nSPS) is 11.0. The number of esters is 1. The molecule has 0 radical (unpaired) electrons. The number of hydrogen-bond donors (Lipinski definition) is 1. The lowest BCUT2D eigenvalue weighted by molar-refractivity contribution is -0.137. The molecule has 2 rings (SSSR count). The van der Waals surface area contributed by atoms with Crippen molar-refractivity contribution >= 4 is 11.9 Å². The molecule has 0 saturated heterocycles. The summed E-state index contributed by atoms with van der Waals surface area (Å²) in [5.74, 6) is -0.977. The number of hydrogen-bond acceptors (Lipinski definition) is 5. The van der Waals surface area contributed by atoms with Gasteiger partial charge in [-0.2, -0.15) is 13.2 Å². The monoisotopic (exact) mass is 357 g/mol. The van der Waals surface area contributed by atoms with Gasteiger partial charge in [0.25, 0.3) is 5.91 Å². The number of carbonyl (C=O) groups is 2. The topological polar surface area (TPSA) is 77.8 Å². The Morgan fingerprint density at radius 3 is 2.64 bits per heavy atom. The molecule has 134 valence electrons. The predicted octanol–water partition coefficient (Wildman–Crippen LogP) is 2.78. The number of carbonyl (C=O) groups excluding carboxylic acids is 2. The maximum absolute atomic E-state index is 12.6. The molecule has 6 nitrogen and oxygen atoms in total. The predicted molar refractivity (Wildman–Crippen MR) is 78.8 cm³/mol. The quantitative estimate of drug-likeness (QED) is 0.805. The van der Waals surface area contributed by atoms with Crippen molar-refractivity contribution < 1.29 is 36.7 Å². The van der Waals surface area contributed by atoms with Crippen LogP contribution in [0.4, 0.5) is 13.2 Å². The first kappa shape index (κ1) is 18.4. The summed E-state index contributed by atoms with van der Waals surface area (Å²) in [6.45, 7) is -0.479. The zero-order chi connectivity index (χ0) is 18.4. The van der Waals surface area contributed by atoms with Crippen LogP contribution in [0.25, 0.3) is 0 Å². The molecule has 9 heteroatoms. The summed E-state index contributed by atoms with van der Waals surface area (Å²) in [4.78, 5) is 22.9. The van der Waals surface area contributed by atoms with Crippen LogP contribution >= 0.6 is 0 Å². The van der Waals surface area contributed by atoms with Crippen LogP contribution in [0.3, 0.4) is 0 Å². The van der Waals surface area contributed by atoms with E-state index in [9.17, 15) is 22.8 Å². The number of rotatable bonds is 6. The summed E-state index contributed by atoms with van der Waals surface area (Å²) in [7, 11) is 1.21. The fraction of sp³-hybridized carbons (Fsp3) is 0.250. The molecule has 1 heterocycles. The highest BCUT2D eigenvalue weighted by Crippen LogP contribution is 2.31. The zero-order valence-corrected chi connectivity index (χ0v) is 13.1. The largest absolute Gasteiger partial charge is 0.484 e. The minimum absolute atomic E-state index is 0.00744. The van der Waals surface area contributed by atoms with E-state index in [2.05, 4.69) is 10.1 Å². The van der Waals surface area contributed by atoms with E-state index in [1.165, 1.54) is 31.4 Å². The third kappa shape index (κ3) is 5.27. The maximum Gasteiger partial charge on any atom is 0.416 e. The van der Waals surface area contributed by atoms with Crippen LogP contribution < -0.4 is 10.1 Å². The molecule has 0 aliphatic heterocycles. The van der Waals surface area contributed by atoms with Crippen LogP contribution in [-0.2, 0) is 22.3 Å². The second kappa shape index (κ2) is 7.73. The first-order chi connectivity index (χ1) is 11.8. The molecule has 0 unspecified atom stereocenters. The van der Waals surface area contributed by atoms with E-state index in [0.717, 1.165) is 12.1 Å². The number of furan rings is 1. The summed E-state index contributed by atoms with van der Waals surface area (Å²) in [5, 5.41) is 2.45. The van der Waals surface area contributed by atoms with Crippen molar-refractivity contribution in [2.45, 2.75) is 12.7 Å². The Morgan fingerprint density at radius 2 is 1.96 bits per heavy atom. The van der Waals surface area contributed by atoms with E-state index in [0.29, 0.717) is 5.76 Å². The van der Waals surface area contributed by atoms with E-state index in [1.807, 2.05) is 0 Å². The van der Waals surface area contributed by atoms with Gasteiger partial charge in [0.1, 0.15) is 11.5 Å². The molecule has 0 spiro atoms. The van der Waals surface area contributed by atoms with Gasteiger partial charge in [0, 0.05) is 0 Å². The van der Waals surface area contributed by atoms with Crippen molar-refractivity contribution in [1.29, 1.82) is 0 Å². The van der Waals surface area contributed by atoms with Gasteiger partial charge >= 0.3 is 12.1 Å². The van der Waals surface area contributed by atoms with Crippen molar-refractivity contribution in [3.63, 3.8) is 0 Å². The van der Waals surface area contributed by atoms with Crippen LogP contribution in [0, 0.1) is 0 Å². The number of benzene rings is 1. The third-order valence-electron chi connectivity index (χ3n) is 3.04. The number of halogens is 3. The lowest BCUT2D eigenvalue weighted by Crippen LogP contribution is -2.28. The molecular formula is C16H14F3NO5. The Bertz CT molecular complexity index is 754. The van der Waals surface area contributed by atoms with Crippen molar-refractivity contribution in [1.82, 2.24) is 5.32 Å². The second-order valence-electron chi connectivity index (χ2n) is 4.85. The van der Waals surface area contributed by atoms with Crippen molar-refractivity contribution in [3.8, 4) is 5.75 Å². The summed E-state index contributed by atoms with van der Waals surface area (Å²) in [6.07, 6.45) is -4.49. The van der Waals surface area contributed by atoms with Crippen LogP contribution in [0.5, 0.6) is 5.75 Å². The second-order valence-corrected chi connectivity index (χ2v) is 4.85. The fourth-order valence-corrected chi connectivity index (χ4v) is 1.83. The van der Waals surface area contributed by atoms with Gasteiger partial charge in [0.05, 0.1) is 19.2 Å². The van der Waals surface area contributed by atoms with Gasteiger partial charge in [-0.3, -0.25) is 4.79 Å². The molecule has 0 bridgehead atoms. The van der Waals surface area contributed by atoms with Gasteiger partial charge in [-0.25, -0.2) is 4.79 Å². The van der Waals surface area contributed by atoms with Gasteiger partial charge < -0.3 is 19.2 Å². The van der Waals surface area contributed by atoms with Crippen LogP contribution in [-0.4, -0.2) is 25.6 Å². The molecule has 1 aromatic heterocycles. The summed E-state index contributed by atoms with van der Waals surface area (Å²) < 4.78 is 52.4. The number of amides is 1. The van der Waals surface area contributed by atoms with Crippen LogP contribution in [0.2, 0.25) is 0 Å². The number of alkyl halides is 3. The van der Waals surface area contributed by atoms with E-state index in [4.69, 9.17) is 9.15 Å². The lowest BCUT2D eigenvalue weighted by atomic mass is 10.2. The van der Waals surface area contributed by atoms with E-state index in [1.54, 1.807) is 0 Å². The Labute approximate surface area is 140 Å². The molecule has 1 N–H and O–H groups in total. The Hall–Kier alpha value is -2.97. The highest BCUT2D eigenvalue weighted by atomic mass is 19.4. The summed E-state index contributed by atoms with van der Waals surface area (Å²) in [5.41, 5.74) is -0.865. The lowest BCUT2D eigenvalue weighted by Gasteiger charge is -2.10. The average molecular weight is 357 g/mol. The van der Waals surface area contributed by atoms with E-state index in [-0.39, 0.29) is 18.1 Å². The molecule has 0 atom stereocenters. The third-order valence-corrected chi connectivity index (χ3v) is 3.04. The minimum atomic E-state index is -4.49. The molecule has 1 aromatic carbocycles. The first-order valence-corrected chi connectivity index (χ1v) is 7.03. The van der Waals surface area contributed by atoms with Gasteiger partial charge in [0.15, 0.2) is 6.61 Å². The molecule has 0 aliphatic carbocycles. The van der Waals surface area contributed by atoms with Gasteiger partial charge in [-0.05, 0) is 30.3 Å². The van der Waals surface area contributed by atoms with E-state index >= 15 is 0 Å². The Kier molecular flexibility index (Phi) is 5.68. The van der Waals surface area contributed by atoms with Crippen LogP contribution in [0.15, 0.2) is 40.8 Å². The molecule has 25 heavy (non-hydrogen) atoms. The number of methoxy groups -OCH3 is 1. The average Bonchev–Trinajstić information content (AvgIpc) is 3.06. The van der Waals surface area contributed by atoms with Crippen molar-refractivity contribution in [2.75, 3.05) is 13.7 Å². The van der Waals surface area contributed by atoms with Crippen LogP contribution in [0.1, 0.15) is 21.9 Å². The number of nitrogens with one attached hydrogen (secondary N) is 1. The summed E-state index contributed by atoms with van der Waals surface area (Å²) in [6, 6.07) is 7.10. The highest BCUT2D eigenvalue weighted by molar-refractivity contribution is 5.86. The van der Waals surface area contributed by atoms with Gasteiger partial charge in [0.2, 0.25) is 5.76 Å². The van der Waals surface area contributed by atoms with Crippen molar-refractivity contribution in [2.24, 2.45) is 0 Å². The molecule has 0 saturated carbocycles. The first-order valence-electron chi connectivity index (χ1n) is 7.03. The standard InChI is InChI=1S/C16H14F3NO5/c1-23-15(22)13-6-5-12(25-13)8-20-14(21)9-24-11-4-2-3-10(7-11)16(17,18)19/h2-7H,8-9H2,1H3,(H,20,21). The SMILES string of the molecule is COC(=O)c1ccc(CNC(=O)COc2cccc(C(F)(F)F)c2)o1. The van der Waals surface area contributed by atoms with Crippen molar-refractivity contribution in [3.05, 3.63) is 53.5 Å². The number of ether oxygens (including phenoxy) is 2. The molecule has 0 aliphatic rings. The Balaban J connectivity index is 1.83. The fourth-order valence-electron chi connectivity index (χ4n) is 1.83. The molecule has 0 fully saturated rings. The van der Waals surface area contributed by atoms with Gasteiger partial charge in [-0.15, -0.1) is 0 Å². The summed E-state index contributed by atoms with van der Waals surface area (Å²) >= 11 is 0. The van der Waals surface area contributed by atoms with Gasteiger partial charge in [-0.1, -0.05) is 6.07 Å². The molecular weight excluding hydrogens is 343 g/mol. The van der Waals surface area contributed by atoms with E-state index < -0.39 is 30.2 Å². The highest BCUT2D eigenvalue weighted by Gasteiger charge is 2.30. The molecule has 2 aromatic rings. The minimum Gasteiger partial charge on any atom is -0.484 e. The smallest absolute Gasteiger partial charge is 0.416 e. The maximum atomic E-state index is 12.6. The molecule has 1 amide bonds. The zero-order valence-electron chi connectivity index (χ0n) is 13.1.